The summed E-state index contributed by atoms with van der Waals surface area (Å²) in [5.41, 5.74) is 0.712. The molecule has 1 atom stereocenters. The summed E-state index contributed by atoms with van der Waals surface area (Å²) in [6.07, 6.45) is 0. The van der Waals surface area contributed by atoms with Gasteiger partial charge in [0.2, 0.25) is 5.91 Å². The zero-order valence-corrected chi connectivity index (χ0v) is 9.88. The number of carbonyl (C=O) groups excluding carboxylic acids is 1. The van der Waals surface area contributed by atoms with Crippen LogP contribution in [0.25, 0.3) is 0 Å². The van der Waals surface area contributed by atoms with Gasteiger partial charge in [0.05, 0.1) is 11.8 Å². The molecule has 1 unspecified atom stereocenters. The number of amides is 1. The van der Waals surface area contributed by atoms with Crippen molar-refractivity contribution in [2.24, 2.45) is 0 Å². The van der Waals surface area contributed by atoms with Crippen molar-refractivity contribution in [2.45, 2.75) is 6.04 Å². The summed E-state index contributed by atoms with van der Waals surface area (Å²) in [7, 11) is -3.30. The van der Waals surface area contributed by atoms with Crippen LogP contribution in [0.4, 0.5) is 0 Å². The largest absolute Gasteiger partial charge is 0.347 e. The van der Waals surface area contributed by atoms with Gasteiger partial charge in [-0.15, -0.1) is 0 Å². The lowest BCUT2D eigenvalue weighted by Gasteiger charge is -2.23. The van der Waals surface area contributed by atoms with Crippen LogP contribution >= 0.6 is 11.6 Å². The first kappa shape index (κ1) is 11.4. The average molecular weight is 260 g/mol. The maximum atomic E-state index is 11.4. The summed E-state index contributed by atoms with van der Waals surface area (Å²) in [5, 5.41) is 3.16. The van der Waals surface area contributed by atoms with Crippen molar-refractivity contribution in [3.8, 4) is 0 Å². The molecule has 4 nitrogen and oxygen atoms in total. The first-order chi connectivity index (χ1) is 7.46. The summed E-state index contributed by atoms with van der Waals surface area (Å²) < 4.78 is 22.9. The minimum atomic E-state index is -3.30. The summed E-state index contributed by atoms with van der Waals surface area (Å²) in [6.45, 7) is 0. The highest BCUT2D eigenvalue weighted by molar-refractivity contribution is 7.92. The van der Waals surface area contributed by atoms with E-state index in [0.29, 0.717) is 10.6 Å². The van der Waals surface area contributed by atoms with Crippen molar-refractivity contribution in [3.05, 3.63) is 34.9 Å². The van der Waals surface area contributed by atoms with Gasteiger partial charge in [-0.1, -0.05) is 23.7 Å². The molecule has 0 saturated carbocycles. The fourth-order valence-electron chi connectivity index (χ4n) is 1.69. The van der Waals surface area contributed by atoms with E-state index < -0.39 is 27.5 Å². The summed E-state index contributed by atoms with van der Waals surface area (Å²) in [4.78, 5) is 11.2. The fraction of sp³-hybridized carbons (Fsp3) is 0.300. The highest BCUT2D eigenvalue weighted by atomic mass is 35.5. The van der Waals surface area contributed by atoms with Crippen LogP contribution in [0.3, 0.4) is 0 Å². The molecule has 1 aromatic carbocycles. The van der Waals surface area contributed by atoms with Gasteiger partial charge in [-0.2, -0.15) is 0 Å². The number of sulfone groups is 1. The molecule has 1 saturated heterocycles. The van der Waals surface area contributed by atoms with E-state index in [2.05, 4.69) is 5.32 Å². The SMILES string of the molecule is O=C1CS(=O)(=O)CC(c2cccc(Cl)c2)N1. The van der Waals surface area contributed by atoms with Crippen LogP contribution in [0.2, 0.25) is 5.02 Å². The quantitative estimate of drug-likeness (QED) is 0.816. The number of hydrogen-bond donors (Lipinski definition) is 1. The number of nitrogens with one attached hydrogen (secondary N) is 1. The molecule has 0 aromatic heterocycles. The van der Waals surface area contributed by atoms with E-state index in [9.17, 15) is 13.2 Å². The smallest absolute Gasteiger partial charge is 0.235 e. The van der Waals surface area contributed by atoms with E-state index in [1.165, 1.54) is 0 Å². The number of hydrogen-bond acceptors (Lipinski definition) is 3. The fourth-order valence-corrected chi connectivity index (χ4v) is 3.28. The first-order valence-corrected chi connectivity index (χ1v) is 6.91. The van der Waals surface area contributed by atoms with E-state index in [1.807, 2.05) is 0 Å². The monoisotopic (exact) mass is 259 g/mol. The van der Waals surface area contributed by atoms with E-state index in [-0.39, 0.29) is 5.75 Å². The number of rotatable bonds is 1. The molecule has 0 aliphatic carbocycles. The zero-order chi connectivity index (χ0) is 11.8. The predicted molar refractivity (Wildman–Crippen MR) is 61.0 cm³/mol. The lowest BCUT2D eigenvalue weighted by atomic mass is 10.1. The van der Waals surface area contributed by atoms with Crippen molar-refractivity contribution in [1.82, 2.24) is 5.32 Å². The third-order valence-corrected chi connectivity index (χ3v) is 4.14. The van der Waals surface area contributed by atoms with Gasteiger partial charge in [-0.25, -0.2) is 8.42 Å². The van der Waals surface area contributed by atoms with Gasteiger partial charge in [0, 0.05) is 5.02 Å². The molecule has 16 heavy (non-hydrogen) atoms. The molecule has 0 radical (unpaired) electrons. The van der Waals surface area contributed by atoms with Crippen molar-refractivity contribution in [2.75, 3.05) is 11.5 Å². The van der Waals surface area contributed by atoms with Crippen LogP contribution in [-0.4, -0.2) is 25.8 Å². The third kappa shape index (κ3) is 2.54. The van der Waals surface area contributed by atoms with Crippen molar-refractivity contribution < 1.29 is 13.2 Å². The Labute approximate surface area is 98.5 Å². The van der Waals surface area contributed by atoms with Gasteiger partial charge in [-0.3, -0.25) is 4.79 Å². The number of halogens is 1. The second-order valence-corrected chi connectivity index (χ2v) is 6.28. The van der Waals surface area contributed by atoms with Crippen molar-refractivity contribution >= 4 is 27.3 Å². The lowest BCUT2D eigenvalue weighted by molar-refractivity contribution is -0.119. The molecule has 1 N–H and O–H groups in total. The van der Waals surface area contributed by atoms with Crippen LogP contribution in [0.15, 0.2) is 24.3 Å². The second-order valence-electron chi connectivity index (χ2n) is 3.73. The van der Waals surface area contributed by atoms with Crippen LogP contribution in [-0.2, 0) is 14.6 Å². The molecule has 1 aliphatic rings. The Balaban J connectivity index is 2.31. The Morgan fingerprint density at radius 2 is 2.12 bits per heavy atom. The summed E-state index contributed by atoms with van der Waals surface area (Å²) in [6, 6.07) is 6.34. The van der Waals surface area contributed by atoms with E-state index in [1.54, 1.807) is 24.3 Å². The highest BCUT2D eigenvalue weighted by Crippen LogP contribution is 2.21. The molecule has 6 heteroatoms. The third-order valence-electron chi connectivity index (χ3n) is 2.36. The van der Waals surface area contributed by atoms with Crippen LogP contribution in [0, 0.1) is 0 Å². The molecule has 1 amide bonds. The molecule has 1 aromatic rings. The second kappa shape index (κ2) is 4.07. The van der Waals surface area contributed by atoms with Gasteiger partial charge in [0.25, 0.3) is 0 Å². The Morgan fingerprint density at radius 3 is 2.75 bits per heavy atom. The topological polar surface area (TPSA) is 63.2 Å². The standard InChI is InChI=1S/C10H10ClNO3S/c11-8-3-1-2-7(4-8)9-5-16(14,15)6-10(13)12-9/h1-4,9H,5-6H2,(H,12,13). The molecule has 1 heterocycles. The molecule has 86 valence electrons. The van der Waals surface area contributed by atoms with Gasteiger partial charge >= 0.3 is 0 Å². The first-order valence-electron chi connectivity index (χ1n) is 4.71. The molecule has 1 aliphatic heterocycles. The summed E-state index contributed by atoms with van der Waals surface area (Å²) in [5.74, 6) is -0.959. The Morgan fingerprint density at radius 1 is 1.38 bits per heavy atom. The highest BCUT2D eigenvalue weighted by Gasteiger charge is 2.30. The van der Waals surface area contributed by atoms with Gasteiger partial charge in [-0.05, 0) is 17.7 Å². The minimum Gasteiger partial charge on any atom is -0.347 e. The molecular weight excluding hydrogens is 250 g/mol. The van der Waals surface area contributed by atoms with E-state index in [0.717, 1.165) is 0 Å². The maximum Gasteiger partial charge on any atom is 0.235 e. The van der Waals surface area contributed by atoms with Crippen LogP contribution in [0.5, 0.6) is 0 Å². The normalized spacial score (nSPS) is 23.8. The Bertz CT molecular complexity index is 527. The lowest BCUT2D eigenvalue weighted by Crippen LogP contribution is -2.43. The van der Waals surface area contributed by atoms with Crippen molar-refractivity contribution in [1.29, 1.82) is 0 Å². The minimum absolute atomic E-state index is 0.0704. The number of carbonyl (C=O) groups is 1. The Hall–Kier alpha value is -1.07. The molecule has 0 spiro atoms. The van der Waals surface area contributed by atoms with Crippen LogP contribution < -0.4 is 5.32 Å². The molecule has 2 rings (SSSR count). The number of benzene rings is 1. The zero-order valence-electron chi connectivity index (χ0n) is 8.31. The summed E-state index contributed by atoms with van der Waals surface area (Å²) >= 11 is 5.81. The molecule has 0 bridgehead atoms. The van der Waals surface area contributed by atoms with Gasteiger partial charge < -0.3 is 5.32 Å². The molecular formula is C10H10ClNO3S. The Kier molecular flexibility index (Phi) is 2.90. The van der Waals surface area contributed by atoms with Crippen molar-refractivity contribution in [3.63, 3.8) is 0 Å². The average Bonchev–Trinajstić information content (AvgIpc) is 2.14. The van der Waals surface area contributed by atoms with E-state index >= 15 is 0 Å². The van der Waals surface area contributed by atoms with Gasteiger partial charge in [0.1, 0.15) is 5.75 Å². The van der Waals surface area contributed by atoms with E-state index in [4.69, 9.17) is 11.6 Å². The predicted octanol–water partition coefficient (Wildman–Crippen LogP) is 0.926. The molecule has 1 fully saturated rings. The maximum absolute atomic E-state index is 11.4. The van der Waals surface area contributed by atoms with Crippen LogP contribution in [0.1, 0.15) is 11.6 Å². The van der Waals surface area contributed by atoms with Gasteiger partial charge in [0.15, 0.2) is 9.84 Å².